The van der Waals surface area contributed by atoms with Crippen LogP contribution < -0.4 is 14.8 Å². The first-order valence-corrected chi connectivity index (χ1v) is 13.0. The van der Waals surface area contributed by atoms with Crippen LogP contribution in [0, 0.1) is 5.82 Å². The normalized spacial score (nSPS) is 13.9. The number of ether oxygens (including phenoxy) is 1. The van der Waals surface area contributed by atoms with Crippen LogP contribution in [0.3, 0.4) is 0 Å². The summed E-state index contributed by atoms with van der Waals surface area (Å²) in [7, 11) is -3.56. The first-order chi connectivity index (χ1) is 17.0. The van der Waals surface area contributed by atoms with E-state index in [1.54, 1.807) is 19.9 Å². The van der Waals surface area contributed by atoms with Gasteiger partial charge < -0.3 is 10.1 Å². The molecule has 1 aliphatic rings. The van der Waals surface area contributed by atoms with E-state index in [2.05, 4.69) is 30.0 Å². The first-order valence-electron chi connectivity index (χ1n) is 11.4. The molecule has 1 aromatic carbocycles. The Morgan fingerprint density at radius 3 is 2.58 bits per heavy atom. The second-order valence-corrected chi connectivity index (χ2v) is 11.3. The minimum Gasteiger partial charge on any atom is -0.474 e. The smallest absolute Gasteiger partial charge is 0.237 e. The van der Waals surface area contributed by atoms with Crippen molar-refractivity contribution in [1.82, 2.24) is 19.9 Å². The molecule has 1 aliphatic carbocycles. The third kappa shape index (κ3) is 5.76. The number of rotatable bonds is 9. The first kappa shape index (κ1) is 25.4. The predicted molar refractivity (Wildman–Crippen MR) is 132 cm³/mol. The van der Waals surface area contributed by atoms with E-state index in [4.69, 9.17) is 4.74 Å². The summed E-state index contributed by atoms with van der Waals surface area (Å²) in [6.07, 6.45) is 5.44. The Hall–Kier alpha value is -3.67. The zero-order chi connectivity index (χ0) is 26.1. The van der Waals surface area contributed by atoms with Crippen LogP contribution in [0.5, 0.6) is 5.88 Å². The molecule has 2 N–H and O–H groups in total. The molecule has 1 amide bonds. The van der Waals surface area contributed by atoms with Gasteiger partial charge in [-0.05, 0) is 58.7 Å². The summed E-state index contributed by atoms with van der Waals surface area (Å²) in [6.45, 7) is 6.93. The topological polar surface area (TPSA) is 136 Å². The molecule has 0 saturated heterocycles. The Morgan fingerprint density at radius 2 is 1.92 bits per heavy atom. The van der Waals surface area contributed by atoms with Crippen LogP contribution in [0.2, 0.25) is 0 Å². The van der Waals surface area contributed by atoms with Crippen molar-refractivity contribution < 1.29 is 22.3 Å². The van der Waals surface area contributed by atoms with Crippen molar-refractivity contribution in [2.75, 3.05) is 10.0 Å². The van der Waals surface area contributed by atoms with Gasteiger partial charge in [0.2, 0.25) is 27.8 Å². The van der Waals surface area contributed by atoms with Crippen molar-refractivity contribution in [2.45, 2.75) is 57.3 Å². The quantitative estimate of drug-likeness (QED) is 0.441. The summed E-state index contributed by atoms with van der Waals surface area (Å²) < 4.78 is 47.2. The predicted octanol–water partition coefficient (Wildman–Crippen LogP) is 3.68. The molecule has 0 bridgehead atoms. The lowest BCUT2D eigenvalue weighted by molar-refractivity contribution is -0.120. The highest BCUT2D eigenvalue weighted by molar-refractivity contribution is 7.93. The van der Waals surface area contributed by atoms with Crippen LogP contribution in [0.4, 0.5) is 16.0 Å². The van der Waals surface area contributed by atoms with Crippen LogP contribution in [0.15, 0.2) is 42.9 Å². The summed E-state index contributed by atoms with van der Waals surface area (Å²) in [5.74, 6) is -0.976. The van der Waals surface area contributed by atoms with Gasteiger partial charge in [0.15, 0.2) is 0 Å². The molecule has 10 nitrogen and oxygen atoms in total. The van der Waals surface area contributed by atoms with E-state index in [-0.39, 0.29) is 23.4 Å². The van der Waals surface area contributed by atoms with Crippen LogP contribution >= 0.6 is 0 Å². The van der Waals surface area contributed by atoms with Crippen LogP contribution in [-0.2, 0) is 20.2 Å². The Kier molecular flexibility index (Phi) is 6.90. The maximum absolute atomic E-state index is 14.9. The van der Waals surface area contributed by atoms with Gasteiger partial charge in [0.1, 0.15) is 5.82 Å². The number of hydrogen-bond donors (Lipinski definition) is 2. The molecule has 1 saturated carbocycles. The van der Waals surface area contributed by atoms with Gasteiger partial charge in [-0.15, -0.1) is 0 Å². The van der Waals surface area contributed by atoms with E-state index >= 15 is 0 Å². The number of anilines is 2. The highest BCUT2D eigenvalue weighted by Gasteiger charge is 2.37. The lowest BCUT2D eigenvalue weighted by Crippen LogP contribution is -2.36. The SMILES string of the molecule is CC(C)Oc1cncc(-c2ccc(NC(=O)C(C)(C)c3ccnc(NS(=O)(=O)C4CC4)n3)c(F)c2)n1. The van der Waals surface area contributed by atoms with E-state index in [0.29, 0.717) is 30.0 Å². The molecule has 1 fully saturated rings. The van der Waals surface area contributed by atoms with Crippen molar-refractivity contribution in [3.05, 3.63) is 54.4 Å². The van der Waals surface area contributed by atoms with E-state index in [1.165, 1.54) is 36.8 Å². The Labute approximate surface area is 208 Å². The van der Waals surface area contributed by atoms with E-state index < -0.39 is 32.4 Å². The molecule has 190 valence electrons. The van der Waals surface area contributed by atoms with Crippen molar-refractivity contribution in [3.8, 4) is 17.1 Å². The molecule has 12 heteroatoms. The second-order valence-electron chi connectivity index (χ2n) is 9.29. The molecule has 2 aromatic heterocycles. The van der Waals surface area contributed by atoms with Crippen LogP contribution in [0.1, 0.15) is 46.2 Å². The number of carbonyl (C=O) groups excluding carboxylic acids is 1. The number of nitrogens with zero attached hydrogens (tertiary/aromatic N) is 4. The van der Waals surface area contributed by atoms with Gasteiger partial charge in [-0.3, -0.25) is 14.5 Å². The fraction of sp³-hybridized carbons (Fsp3) is 0.375. The van der Waals surface area contributed by atoms with Gasteiger partial charge in [0.25, 0.3) is 0 Å². The molecule has 2 heterocycles. The van der Waals surface area contributed by atoms with Crippen LogP contribution in [-0.4, -0.2) is 45.6 Å². The van der Waals surface area contributed by atoms with Gasteiger partial charge in [0.05, 0.1) is 46.2 Å². The Bertz CT molecular complexity index is 1390. The van der Waals surface area contributed by atoms with E-state index in [0.717, 1.165) is 0 Å². The number of sulfonamides is 1. The average molecular weight is 515 g/mol. The summed E-state index contributed by atoms with van der Waals surface area (Å²) in [5.41, 5.74) is -0.0786. The van der Waals surface area contributed by atoms with E-state index in [9.17, 15) is 17.6 Å². The highest BCUT2D eigenvalue weighted by Crippen LogP contribution is 2.30. The maximum Gasteiger partial charge on any atom is 0.237 e. The molecule has 0 spiro atoms. The third-order valence-electron chi connectivity index (χ3n) is 5.54. The number of carbonyl (C=O) groups is 1. The minimum absolute atomic E-state index is 0.0249. The van der Waals surface area contributed by atoms with E-state index in [1.807, 2.05) is 13.8 Å². The lowest BCUT2D eigenvalue weighted by Gasteiger charge is -2.23. The Morgan fingerprint density at radius 1 is 1.17 bits per heavy atom. The summed E-state index contributed by atoms with van der Waals surface area (Å²) >= 11 is 0. The van der Waals surface area contributed by atoms with Crippen molar-refractivity contribution in [1.29, 1.82) is 0 Å². The van der Waals surface area contributed by atoms with Crippen LogP contribution in [0.25, 0.3) is 11.3 Å². The van der Waals surface area contributed by atoms with Crippen molar-refractivity contribution in [2.24, 2.45) is 0 Å². The van der Waals surface area contributed by atoms with Gasteiger partial charge in [-0.2, -0.15) is 0 Å². The molecular formula is C24H27FN6O4S. The van der Waals surface area contributed by atoms with Gasteiger partial charge >= 0.3 is 0 Å². The standard InChI is InChI=1S/C24H27FN6O4S/c1-14(2)35-21-13-26-12-19(28-21)15-5-8-18(17(25)11-15)29-22(32)24(3,4)20-9-10-27-23(30-20)31-36(33,34)16-6-7-16/h5,8-14,16H,6-7H2,1-4H3,(H,29,32)(H,27,30,31). The third-order valence-corrected chi connectivity index (χ3v) is 7.36. The molecule has 0 radical (unpaired) electrons. The fourth-order valence-electron chi connectivity index (χ4n) is 3.30. The number of hydrogen-bond acceptors (Lipinski definition) is 8. The fourth-order valence-corrected chi connectivity index (χ4v) is 4.58. The second kappa shape index (κ2) is 9.76. The maximum atomic E-state index is 14.9. The number of aromatic nitrogens is 4. The summed E-state index contributed by atoms with van der Waals surface area (Å²) in [4.78, 5) is 29.7. The molecule has 36 heavy (non-hydrogen) atoms. The van der Waals surface area contributed by atoms with Gasteiger partial charge in [-0.25, -0.2) is 27.8 Å². The average Bonchev–Trinajstić information content (AvgIpc) is 3.66. The monoisotopic (exact) mass is 514 g/mol. The minimum atomic E-state index is -3.56. The molecule has 0 atom stereocenters. The lowest BCUT2D eigenvalue weighted by atomic mass is 9.88. The Balaban J connectivity index is 1.50. The summed E-state index contributed by atoms with van der Waals surface area (Å²) in [6, 6.07) is 5.82. The zero-order valence-electron chi connectivity index (χ0n) is 20.3. The number of benzene rings is 1. The molecule has 0 aliphatic heterocycles. The number of nitrogens with one attached hydrogen (secondary N) is 2. The van der Waals surface area contributed by atoms with Crippen molar-refractivity contribution in [3.63, 3.8) is 0 Å². The highest BCUT2D eigenvalue weighted by atomic mass is 32.2. The molecule has 0 unspecified atom stereocenters. The number of halogens is 1. The van der Waals surface area contributed by atoms with Crippen molar-refractivity contribution >= 4 is 27.6 Å². The molecular weight excluding hydrogens is 487 g/mol. The zero-order valence-corrected chi connectivity index (χ0v) is 21.1. The molecule has 4 rings (SSSR count). The number of amides is 1. The largest absolute Gasteiger partial charge is 0.474 e. The van der Waals surface area contributed by atoms with Gasteiger partial charge in [0, 0.05) is 11.8 Å². The molecule has 3 aromatic rings. The summed E-state index contributed by atoms with van der Waals surface area (Å²) in [5, 5.41) is 2.15. The van der Waals surface area contributed by atoms with Gasteiger partial charge in [-0.1, -0.05) is 6.07 Å².